The highest BCUT2D eigenvalue weighted by Crippen LogP contribution is 2.24. The molecule has 2 fully saturated rings. The molecular weight excluding hydrogens is 394 g/mol. The molecule has 160 valence electrons. The van der Waals surface area contributed by atoms with Crippen LogP contribution in [-0.4, -0.2) is 68.0 Å². The van der Waals surface area contributed by atoms with Gasteiger partial charge in [-0.2, -0.15) is 0 Å². The van der Waals surface area contributed by atoms with Gasteiger partial charge < -0.3 is 14.5 Å². The first-order valence-electron chi connectivity index (χ1n) is 9.86. The lowest BCUT2D eigenvalue weighted by Crippen LogP contribution is -2.51. The summed E-state index contributed by atoms with van der Waals surface area (Å²) in [4.78, 5) is 28.5. The molecule has 1 saturated heterocycles. The molecule has 1 N–H and O–H groups in total. The highest BCUT2D eigenvalue weighted by atomic mass is 32.2. The van der Waals surface area contributed by atoms with Crippen LogP contribution in [0.3, 0.4) is 0 Å². The van der Waals surface area contributed by atoms with Gasteiger partial charge in [-0.15, -0.1) is 0 Å². The standard InChI is InChI=1S/C20H29N3O5S/c1-14-5-8-16(29(26,27)21-15-6-7-15)13-17(14)18(24)22-9-11-23(12-10-22)19(25)28-20(2,3)4/h5,8,13,15,21H,6-7,9-12H2,1-4H3. The number of hydrogen-bond donors (Lipinski definition) is 1. The molecule has 2 amide bonds. The third-order valence-corrected chi connectivity index (χ3v) is 6.39. The van der Waals surface area contributed by atoms with Crippen molar-refractivity contribution in [1.82, 2.24) is 14.5 Å². The lowest BCUT2D eigenvalue weighted by atomic mass is 10.1. The zero-order valence-corrected chi connectivity index (χ0v) is 18.2. The molecule has 8 nitrogen and oxygen atoms in total. The topological polar surface area (TPSA) is 96.0 Å². The van der Waals surface area contributed by atoms with Crippen LogP contribution in [0.5, 0.6) is 0 Å². The predicted octanol–water partition coefficient (Wildman–Crippen LogP) is 2.13. The summed E-state index contributed by atoms with van der Waals surface area (Å²) in [5, 5.41) is 0. The van der Waals surface area contributed by atoms with E-state index in [-0.39, 0.29) is 22.9 Å². The highest BCUT2D eigenvalue weighted by Gasteiger charge is 2.31. The van der Waals surface area contributed by atoms with E-state index in [9.17, 15) is 18.0 Å². The lowest BCUT2D eigenvalue weighted by Gasteiger charge is -2.35. The molecule has 1 aliphatic heterocycles. The first-order valence-corrected chi connectivity index (χ1v) is 11.3. The number of nitrogens with one attached hydrogen (secondary N) is 1. The summed E-state index contributed by atoms with van der Waals surface area (Å²) in [5.74, 6) is -0.227. The van der Waals surface area contributed by atoms with E-state index >= 15 is 0 Å². The maximum atomic E-state index is 13.0. The zero-order valence-electron chi connectivity index (χ0n) is 17.4. The van der Waals surface area contributed by atoms with Crippen molar-refractivity contribution in [2.75, 3.05) is 26.2 Å². The van der Waals surface area contributed by atoms with E-state index in [0.717, 1.165) is 18.4 Å². The van der Waals surface area contributed by atoms with Gasteiger partial charge in [0, 0.05) is 37.8 Å². The lowest BCUT2D eigenvalue weighted by molar-refractivity contribution is 0.0140. The summed E-state index contributed by atoms with van der Waals surface area (Å²) < 4.78 is 33.0. The zero-order chi connectivity index (χ0) is 21.4. The van der Waals surface area contributed by atoms with Gasteiger partial charge in [0.2, 0.25) is 10.0 Å². The van der Waals surface area contributed by atoms with Gasteiger partial charge in [0.05, 0.1) is 4.90 Å². The van der Waals surface area contributed by atoms with Crippen LogP contribution >= 0.6 is 0 Å². The summed E-state index contributed by atoms with van der Waals surface area (Å²) in [6.45, 7) is 8.71. The number of piperazine rings is 1. The predicted molar refractivity (Wildman–Crippen MR) is 108 cm³/mol. The first kappa shape index (κ1) is 21.6. The van der Waals surface area contributed by atoms with E-state index in [2.05, 4.69) is 4.72 Å². The van der Waals surface area contributed by atoms with Crippen LogP contribution < -0.4 is 4.72 Å². The number of sulfonamides is 1. The van der Waals surface area contributed by atoms with Crippen LogP contribution in [0.2, 0.25) is 0 Å². The molecular formula is C20H29N3O5S. The van der Waals surface area contributed by atoms with Crippen molar-refractivity contribution in [3.05, 3.63) is 29.3 Å². The second kappa shape index (κ2) is 7.95. The second-order valence-electron chi connectivity index (χ2n) is 8.63. The third-order valence-electron chi connectivity index (χ3n) is 4.87. The number of nitrogens with zero attached hydrogens (tertiary/aromatic N) is 2. The minimum Gasteiger partial charge on any atom is -0.444 e. The number of benzene rings is 1. The summed E-state index contributed by atoms with van der Waals surface area (Å²) in [7, 11) is -3.63. The Labute approximate surface area is 172 Å². The molecule has 1 aromatic rings. The summed E-state index contributed by atoms with van der Waals surface area (Å²) in [6, 6.07) is 4.63. The normalized spacial score (nSPS) is 17.9. The fourth-order valence-corrected chi connectivity index (χ4v) is 4.41. The van der Waals surface area contributed by atoms with Crippen molar-refractivity contribution in [3.63, 3.8) is 0 Å². The maximum absolute atomic E-state index is 13.0. The largest absolute Gasteiger partial charge is 0.444 e. The molecule has 0 aromatic heterocycles. The molecule has 0 atom stereocenters. The Kier molecular flexibility index (Phi) is 5.91. The Morgan fingerprint density at radius 2 is 1.66 bits per heavy atom. The van der Waals surface area contributed by atoms with Gasteiger partial charge in [-0.05, 0) is 58.2 Å². The SMILES string of the molecule is Cc1ccc(S(=O)(=O)NC2CC2)cc1C(=O)N1CCN(C(=O)OC(C)(C)C)CC1. The van der Waals surface area contributed by atoms with Gasteiger partial charge in [-0.1, -0.05) is 6.07 Å². The molecule has 29 heavy (non-hydrogen) atoms. The average Bonchev–Trinajstić information content (AvgIpc) is 3.43. The van der Waals surface area contributed by atoms with Gasteiger partial charge in [0.1, 0.15) is 5.60 Å². The third kappa shape index (κ3) is 5.48. The maximum Gasteiger partial charge on any atom is 0.410 e. The molecule has 0 radical (unpaired) electrons. The van der Waals surface area contributed by atoms with E-state index in [1.165, 1.54) is 12.1 Å². The van der Waals surface area contributed by atoms with Crippen LogP contribution in [0.25, 0.3) is 0 Å². The van der Waals surface area contributed by atoms with E-state index in [4.69, 9.17) is 4.74 Å². The number of amides is 2. The highest BCUT2D eigenvalue weighted by molar-refractivity contribution is 7.89. The van der Waals surface area contributed by atoms with Gasteiger partial charge in [0.15, 0.2) is 0 Å². The van der Waals surface area contributed by atoms with Gasteiger partial charge in [-0.3, -0.25) is 4.79 Å². The second-order valence-corrected chi connectivity index (χ2v) is 10.3. The Balaban J connectivity index is 1.68. The van der Waals surface area contributed by atoms with Gasteiger partial charge in [0.25, 0.3) is 5.91 Å². The minimum absolute atomic E-state index is 0.00128. The number of ether oxygens (including phenoxy) is 1. The molecule has 1 heterocycles. The first-order chi connectivity index (χ1) is 13.5. The summed E-state index contributed by atoms with van der Waals surface area (Å²) in [6.07, 6.45) is 1.30. The molecule has 9 heteroatoms. The van der Waals surface area contributed by atoms with Crippen molar-refractivity contribution < 1.29 is 22.7 Å². The van der Waals surface area contributed by atoms with Crippen molar-refractivity contribution in [1.29, 1.82) is 0 Å². The summed E-state index contributed by atoms with van der Waals surface area (Å²) >= 11 is 0. The number of aryl methyl sites for hydroxylation is 1. The van der Waals surface area contributed by atoms with Crippen LogP contribution in [0, 0.1) is 6.92 Å². The molecule has 0 unspecified atom stereocenters. The van der Waals surface area contributed by atoms with Crippen molar-refractivity contribution in [2.45, 2.75) is 57.1 Å². The Hall–Kier alpha value is -2.13. The van der Waals surface area contributed by atoms with Gasteiger partial charge in [-0.25, -0.2) is 17.9 Å². The number of carbonyl (C=O) groups is 2. The van der Waals surface area contributed by atoms with E-state index in [0.29, 0.717) is 31.7 Å². The van der Waals surface area contributed by atoms with E-state index in [1.807, 2.05) is 20.8 Å². The molecule has 0 bridgehead atoms. The molecule has 1 aromatic carbocycles. The molecule has 0 spiro atoms. The molecule has 3 rings (SSSR count). The van der Waals surface area contributed by atoms with Gasteiger partial charge >= 0.3 is 6.09 Å². The fourth-order valence-electron chi connectivity index (χ4n) is 3.08. The Morgan fingerprint density at radius 3 is 2.21 bits per heavy atom. The number of carbonyl (C=O) groups excluding carboxylic acids is 2. The van der Waals surface area contributed by atoms with Crippen LogP contribution in [0.4, 0.5) is 4.79 Å². The smallest absolute Gasteiger partial charge is 0.410 e. The van der Waals surface area contributed by atoms with Crippen molar-refractivity contribution >= 4 is 22.0 Å². The Morgan fingerprint density at radius 1 is 1.07 bits per heavy atom. The van der Waals surface area contributed by atoms with Crippen molar-refractivity contribution in [3.8, 4) is 0 Å². The number of hydrogen-bond acceptors (Lipinski definition) is 5. The van der Waals surface area contributed by atoms with Crippen LogP contribution in [0.15, 0.2) is 23.1 Å². The fraction of sp³-hybridized carbons (Fsp3) is 0.600. The average molecular weight is 424 g/mol. The van der Waals surface area contributed by atoms with Crippen LogP contribution in [-0.2, 0) is 14.8 Å². The van der Waals surface area contributed by atoms with Crippen LogP contribution in [0.1, 0.15) is 49.5 Å². The molecule has 1 saturated carbocycles. The number of rotatable bonds is 4. The quantitative estimate of drug-likeness (QED) is 0.800. The molecule has 1 aliphatic carbocycles. The summed E-state index contributed by atoms with van der Waals surface area (Å²) in [5.41, 5.74) is 0.519. The minimum atomic E-state index is -3.63. The molecule has 2 aliphatic rings. The monoisotopic (exact) mass is 423 g/mol. The van der Waals surface area contributed by atoms with E-state index < -0.39 is 15.6 Å². The Bertz CT molecular complexity index is 895. The van der Waals surface area contributed by atoms with E-state index in [1.54, 1.807) is 22.8 Å². The van der Waals surface area contributed by atoms with Crippen molar-refractivity contribution in [2.24, 2.45) is 0 Å².